The second-order valence-corrected chi connectivity index (χ2v) is 4.93. The fourth-order valence-electron chi connectivity index (χ4n) is 1.77. The van der Waals surface area contributed by atoms with Gasteiger partial charge in [-0.2, -0.15) is 4.98 Å². The van der Waals surface area contributed by atoms with Crippen molar-refractivity contribution in [3.63, 3.8) is 0 Å². The molecule has 0 radical (unpaired) electrons. The Hall–Kier alpha value is -1.37. The summed E-state index contributed by atoms with van der Waals surface area (Å²) >= 11 is 5.69. The molecule has 2 heterocycles. The van der Waals surface area contributed by atoms with Gasteiger partial charge in [-0.1, -0.05) is 5.16 Å². The van der Waals surface area contributed by atoms with Gasteiger partial charge in [0.1, 0.15) is 0 Å². The highest BCUT2D eigenvalue weighted by atomic mass is 35.5. The van der Waals surface area contributed by atoms with Crippen molar-refractivity contribution >= 4 is 11.6 Å². The predicted octanol–water partition coefficient (Wildman–Crippen LogP) is 2.55. The minimum absolute atomic E-state index is 0.265. The molecule has 6 nitrogen and oxygen atoms in total. The number of rotatable bonds is 5. The van der Waals surface area contributed by atoms with Gasteiger partial charge in [0.15, 0.2) is 16.8 Å². The van der Waals surface area contributed by atoms with Crippen LogP contribution >= 0.6 is 11.6 Å². The molecule has 1 atom stereocenters. The maximum absolute atomic E-state index is 5.95. The Morgan fingerprint density at radius 3 is 2.95 bits per heavy atom. The van der Waals surface area contributed by atoms with Crippen LogP contribution < -0.4 is 5.73 Å². The Kier molecular flexibility index (Phi) is 3.54. The molecule has 0 spiro atoms. The molecule has 0 aromatic carbocycles. The number of furan rings is 1. The summed E-state index contributed by atoms with van der Waals surface area (Å²) in [5, 5.41) is 4.10. The van der Waals surface area contributed by atoms with E-state index in [9.17, 15) is 0 Å². The Labute approximate surface area is 114 Å². The van der Waals surface area contributed by atoms with Gasteiger partial charge in [0.2, 0.25) is 0 Å². The van der Waals surface area contributed by atoms with Crippen LogP contribution in [0.3, 0.4) is 0 Å². The molecule has 19 heavy (non-hydrogen) atoms. The largest absolute Gasteiger partial charge is 0.440 e. The summed E-state index contributed by atoms with van der Waals surface area (Å²) in [6.45, 7) is 0.391. The smallest absolute Gasteiger partial charge is 0.293 e. The first-order valence-corrected chi connectivity index (χ1v) is 6.56. The van der Waals surface area contributed by atoms with Crippen molar-refractivity contribution in [3.8, 4) is 11.7 Å². The van der Waals surface area contributed by atoms with Crippen molar-refractivity contribution in [1.29, 1.82) is 0 Å². The highest BCUT2D eigenvalue weighted by Crippen LogP contribution is 2.25. The molecule has 1 aliphatic rings. The number of ether oxygens (including phenoxy) is 1. The molecule has 1 fully saturated rings. The van der Waals surface area contributed by atoms with E-state index >= 15 is 0 Å². The molecule has 1 saturated carbocycles. The summed E-state index contributed by atoms with van der Waals surface area (Å²) in [5.74, 6) is 1.10. The van der Waals surface area contributed by atoms with Gasteiger partial charge >= 0.3 is 0 Å². The van der Waals surface area contributed by atoms with Crippen LogP contribution in [-0.4, -0.2) is 22.9 Å². The minimum Gasteiger partial charge on any atom is -0.440 e. The average molecular weight is 284 g/mol. The van der Waals surface area contributed by atoms with Crippen molar-refractivity contribution < 1.29 is 13.7 Å². The lowest BCUT2D eigenvalue weighted by Crippen LogP contribution is -2.27. The number of halogens is 1. The lowest BCUT2D eigenvalue weighted by atomic mass is 9.96. The van der Waals surface area contributed by atoms with Gasteiger partial charge in [-0.25, -0.2) is 0 Å². The van der Waals surface area contributed by atoms with Crippen molar-refractivity contribution in [2.45, 2.75) is 31.4 Å². The second kappa shape index (κ2) is 5.32. The molecule has 1 aliphatic carbocycles. The highest BCUT2D eigenvalue weighted by Gasteiger charge is 2.22. The summed E-state index contributed by atoms with van der Waals surface area (Å²) in [7, 11) is 0. The predicted molar refractivity (Wildman–Crippen MR) is 67.5 cm³/mol. The Bertz CT molecular complexity index is 550. The second-order valence-electron chi connectivity index (χ2n) is 4.55. The molecule has 2 aromatic heterocycles. The molecule has 102 valence electrons. The number of nitrogens with zero attached hydrogens (tertiary/aromatic N) is 2. The van der Waals surface area contributed by atoms with E-state index in [1.54, 1.807) is 12.1 Å². The number of hydrogen-bond donors (Lipinski definition) is 1. The van der Waals surface area contributed by atoms with E-state index in [0.29, 0.717) is 24.3 Å². The molecule has 0 amide bonds. The van der Waals surface area contributed by atoms with Crippen LogP contribution in [0, 0.1) is 0 Å². The first-order valence-electron chi connectivity index (χ1n) is 6.19. The van der Waals surface area contributed by atoms with E-state index in [0.717, 1.165) is 12.8 Å². The summed E-state index contributed by atoms with van der Waals surface area (Å²) < 4.78 is 15.9. The average Bonchev–Trinajstić information content (AvgIpc) is 2.94. The molecule has 0 bridgehead atoms. The molecule has 2 aromatic rings. The lowest BCUT2D eigenvalue weighted by molar-refractivity contribution is -0.00549. The third-order valence-corrected chi connectivity index (χ3v) is 3.32. The first-order chi connectivity index (χ1) is 9.22. The monoisotopic (exact) mass is 283 g/mol. The van der Waals surface area contributed by atoms with Crippen LogP contribution in [0.1, 0.15) is 31.1 Å². The van der Waals surface area contributed by atoms with Gasteiger partial charge in [0, 0.05) is 0 Å². The van der Waals surface area contributed by atoms with Crippen LogP contribution in [0.15, 0.2) is 21.1 Å². The molecule has 1 unspecified atom stereocenters. The molecular formula is C12H14ClN3O3. The van der Waals surface area contributed by atoms with Crippen LogP contribution in [0.4, 0.5) is 0 Å². The van der Waals surface area contributed by atoms with Crippen LogP contribution in [-0.2, 0) is 4.74 Å². The van der Waals surface area contributed by atoms with E-state index in [1.165, 1.54) is 6.42 Å². The summed E-state index contributed by atoms with van der Waals surface area (Å²) in [6, 6.07) is 2.87. The van der Waals surface area contributed by atoms with Crippen molar-refractivity contribution in [2.24, 2.45) is 5.73 Å². The third kappa shape index (κ3) is 2.80. The molecule has 0 saturated heterocycles. The van der Waals surface area contributed by atoms with Crippen molar-refractivity contribution in [1.82, 2.24) is 10.1 Å². The van der Waals surface area contributed by atoms with Gasteiger partial charge in [0.25, 0.3) is 5.89 Å². The van der Waals surface area contributed by atoms with Crippen LogP contribution in [0.5, 0.6) is 0 Å². The Balaban J connectivity index is 1.63. The lowest BCUT2D eigenvalue weighted by Gasteiger charge is -2.26. The van der Waals surface area contributed by atoms with E-state index in [4.69, 9.17) is 31.0 Å². The van der Waals surface area contributed by atoms with E-state index in [2.05, 4.69) is 10.1 Å². The standard InChI is InChI=1S/C12H14ClN3O3/c13-10-5-4-9(18-10)12-15-11(16-19-12)8(14)6-17-7-2-1-3-7/h4-5,7-8H,1-3,6,14H2. The molecular weight excluding hydrogens is 270 g/mol. The zero-order chi connectivity index (χ0) is 13.2. The van der Waals surface area contributed by atoms with E-state index < -0.39 is 6.04 Å². The summed E-state index contributed by atoms with van der Waals surface area (Å²) in [6.07, 6.45) is 3.77. The Morgan fingerprint density at radius 1 is 1.47 bits per heavy atom. The number of aromatic nitrogens is 2. The fourth-order valence-corrected chi connectivity index (χ4v) is 1.91. The quantitative estimate of drug-likeness (QED) is 0.907. The maximum Gasteiger partial charge on any atom is 0.293 e. The number of hydrogen-bond acceptors (Lipinski definition) is 6. The maximum atomic E-state index is 5.95. The highest BCUT2D eigenvalue weighted by molar-refractivity contribution is 6.28. The summed E-state index contributed by atoms with van der Waals surface area (Å²) in [4.78, 5) is 4.18. The van der Waals surface area contributed by atoms with Gasteiger partial charge in [-0.15, -0.1) is 0 Å². The van der Waals surface area contributed by atoms with Gasteiger partial charge in [-0.3, -0.25) is 0 Å². The van der Waals surface area contributed by atoms with Gasteiger partial charge < -0.3 is 19.4 Å². The van der Waals surface area contributed by atoms with Crippen LogP contribution in [0.2, 0.25) is 5.22 Å². The van der Waals surface area contributed by atoms with Crippen molar-refractivity contribution in [2.75, 3.05) is 6.61 Å². The normalized spacial score (nSPS) is 17.4. The Morgan fingerprint density at radius 2 is 2.32 bits per heavy atom. The zero-order valence-corrected chi connectivity index (χ0v) is 11.0. The van der Waals surface area contributed by atoms with E-state index in [-0.39, 0.29) is 11.1 Å². The molecule has 7 heteroatoms. The SMILES string of the molecule is NC(COC1CCC1)c1noc(-c2ccc(Cl)o2)n1. The first kappa shape index (κ1) is 12.7. The fraction of sp³-hybridized carbons (Fsp3) is 0.500. The third-order valence-electron chi connectivity index (χ3n) is 3.12. The zero-order valence-electron chi connectivity index (χ0n) is 10.2. The van der Waals surface area contributed by atoms with Crippen molar-refractivity contribution in [3.05, 3.63) is 23.2 Å². The minimum atomic E-state index is -0.400. The topological polar surface area (TPSA) is 87.3 Å². The van der Waals surface area contributed by atoms with Gasteiger partial charge in [0.05, 0.1) is 18.8 Å². The molecule has 2 N–H and O–H groups in total. The van der Waals surface area contributed by atoms with Gasteiger partial charge in [-0.05, 0) is 43.0 Å². The molecule has 0 aliphatic heterocycles. The van der Waals surface area contributed by atoms with Crippen LogP contribution in [0.25, 0.3) is 11.7 Å². The summed E-state index contributed by atoms with van der Waals surface area (Å²) in [5.41, 5.74) is 5.95. The van der Waals surface area contributed by atoms with E-state index in [1.807, 2.05) is 0 Å². The number of nitrogens with two attached hydrogens (primary N) is 1. The molecule has 3 rings (SSSR count).